The van der Waals surface area contributed by atoms with Crippen molar-refractivity contribution in [3.63, 3.8) is 0 Å². The number of amides is 2. The van der Waals surface area contributed by atoms with E-state index in [-0.39, 0.29) is 25.9 Å². The van der Waals surface area contributed by atoms with Gasteiger partial charge in [0.2, 0.25) is 0 Å². The van der Waals surface area contributed by atoms with Crippen molar-refractivity contribution in [3.05, 3.63) is 0 Å². The Morgan fingerprint density at radius 1 is 0.852 bits per heavy atom. The average molecular weight is 383 g/mol. The Hall–Kier alpha value is -1.47. The van der Waals surface area contributed by atoms with E-state index in [0.717, 1.165) is 18.9 Å². The third-order valence-electron chi connectivity index (χ3n) is 5.15. The molecule has 154 valence electrons. The Labute approximate surface area is 161 Å². The van der Waals surface area contributed by atoms with Crippen LogP contribution >= 0.6 is 0 Å². The van der Waals surface area contributed by atoms with E-state index in [0.29, 0.717) is 18.3 Å². The third-order valence-corrected chi connectivity index (χ3v) is 5.15. The maximum atomic E-state index is 11.6. The molecule has 1 aliphatic carbocycles. The summed E-state index contributed by atoms with van der Waals surface area (Å²) in [6.45, 7) is 1.85. The van der Waals surface area contributed by atoms with Gasteiger partial charge in [0.15, 0.2) is 0 Å². The van der Waals surface area contributed by atoms with Crippen LogP contribution in [-0.4, -0.2) is 49.3 Å². The second kappa shape index (κ2) is 12.8. The highest BCUT2D eigenvalue weighted by atomic mass is 16.7. The lowest BCUT2D eigenvalue weighted by Crippen LogP contribution is -2.32. The predicted octanol–water partition coefficient (Wildman–Crippen LogP) is 3.16. The van der Waals surface area contributed by atoms with Gasteiger partial charge in [0, 0.05) is 19.4 Å². The van der Waals surface area contributed by atoms with E-state index >= 15 is 0 Å². The second-order valence-electron chi connectivity index (χ2n) is 7.37. The number of hydroxylamine groups is 2. The molecule has 0 aromatic carbocycles. The first-order valence-corrected chi connectivity index (χ1v) is 10.4. The van der Waals surface area contributed by atoms with Crippen molar-refractivity contribution in [1.29, 1.82) is 0 Å². The van der Waals surface area contributed by atoms with Crippen LogP contribution in [0.3, 0.4) is 0 Å². The lowest BCUT2D eigenvalue weighted by molar-refractivity contribution is -0.198. The second-order valence-corrected chi connectivity index (χ2v) is 7.37. The van der Waals surface area contributed by atoms with E-state index < -0.39 is 17.8 Å². The molecule has 1 aliphatic heterocycles. The van der Waals surface area contributed by atoms with Crippen LogP contribution in [-0.2, 0) is 28.7 Å². The summed E-state index contributed by atoms with van der Waals surface area (Å²) in [5.41, 5.74) is 0. The highest BCUT2D eigenvalue weighted by Gasteiger charge is 2.32. The van der Waals surface area contributed by atoms with Gasteiger partial charge in [-0.1, -0.05) is 44.9 Å². The molecule has 0 aromatic rings. The van der Waals surface area contributed by atoms with E-state index in [4.69, 9.17) is 14.3 Å². The van der Waals surface area contributed by atoms with Crippen LogP contribution in [0.1, 0.15) is 77.0 Å². The lowest BCUT2D eigenvalue weighted by Gasteiger charge is -2.19. The molecule has 2 fully saturated rings. The van der Waals surface area contributed by atoms with Crippen molar-refractivity contribution in [2.45, 2.75) is 77.0 Å². The summed E-state index contributed by atoms with van der Waals surface area (Å²) in [4.78, 5) is 39.0. The molecule has 0 bridgehead atoms. The zero-order chi connectivity index (χ0) is 19.3. The zero-order valence-corrected chi connectivity index (χ0v) is 16.3. The lowest BCUT2D eigenvalue weighted by atomic mass is 9.88. The molecule has 2 aliphatic rings. The van der Waals surface area contributed by atoms with E-state index in [9.17, 15) is 14.4 Å². The summed E-state index contributed by atoms with van der Waals surface area (Å²) in [7, 11) is 0. The molecule has 0 radical (unpaired) electrons. The topological polar surface area (TPSA) is 82.1 Å². The van der Waals surface area contributed by atoms with Gasteiger partial charge in [0.05, 0.1) is 26.2 Å². The van der Waals surface area contributed by atoms with Gasteiger partial charge in [0.25, 0.3) is 11.8 Å². The number of rotatable bonds is 11. The molecule has 0 spiro atoms. The van der Waals surface area contributed by atoms with Gasteiger partial charge in [-0.15, -0.1) is 5.06 Å². The molecule has 27 heavy (non-hydrogen) atoms. The highest BCUT2D eigenvalue weighted by molar-refractivity contribution is 6.01. The summed E-state index contributed by atoms with van der Waals surface area (Å²) in [5.74, 6) is -0.714. The molecule has 2 rings (SSSR count). The van der Waals surface area contributed by atoms with Gasteiger partial charge in [-0.2, -0.15) is 0 Å². The van der Waals surface area contributed by atoms with Gasteiger partial charge in [-0.3, -0.25) is 9.59 Å². The average Bonchev–Trinajstić information content (AvgIpc) is 2.93. The number of carbonyl (C=O) groups excluding carboxylic acids is 3. The largest absolute Gasteiger partial charge is 0.379 e. The van der Waals surface area contributed by atoms with Crippen molar-refractivity contribution < 1.29 is 28.7 Å². The van der Waals surface area contributed by atoms with Crippen LogP contribution in [0.25, 0.3) is 0 Å². The molecule has 2 amide bonds. The van der Waals surface area contributed by atoms with Crippen LogP contribution < -0.4 is 0 Å². The summed E-state index contributed by atoms with van der Waals surface area (Å²) in [6, 6.07) is 0. The Balaban J connectivity index is 1.39. The van der Waals surface area contributed by atoms with Gasteiger partial charge in [-0.25, -0.2) is 4.79 Å². The van der Waals surface area contributed by atoms with Gasteiger partial charge in [0.1, 0.15) is 0 Å². The molecular formula is C20H33NO6. The Morgan fingerprint density at radius 2 is 1.44 bits per heavy atom. The van der Waals surface area contributed by atoms with Gasteiger partial charge < -0.3 is 14.3 Å². The molecule has 0 unspecified atom stereocenters. The summed E-state index contributed by atoms with van der Waals surface area (Å²) < 4.78 is 10.9. The van der Waals surface area contributed by atoms with Gasteiger partial charge >= 0.3 is 5.97 Å². The molecule has 1 saturated carbocycles. The number of nitrogens with zero attached hydrogens (tertiary/aromatic N) is 1. The Morgan fingerprint density at radius 3 is 2.11 bits per heavy atom. The van der Waals surface area contributed by atoms with Crippen LogP contribution in [0.2, 0.25) is 0 Å². The molecule has 0 aromatic heterocycles. The van der Waals surface area contributed by atoms with Crippen LogP contribution in [0.5, 0.6) is 0 Å². The quantitative estimate of drug-likeness (QED) is 0.403. The van der Waals surface area contributed by atoms with Crippen LogP contribution in [0, 0.1) is 5.92 Å². The van der Waals surface area contributed by atoms with Crippen molar-refractivity contribution in [2.24, 2.45) is 5.92 Å². The molecule has 7 nitrogen and oxygen atoms in total. The van der Waals surface area contributed by atoms with E-state index in [2.05, 4.69) is 0 Å². The Bertz CT molecular complexity index is 457. The summed E-state index contributed by atoms with van der Waals surface area (Å²) >= 11 is 0. The van der Waals surface area contributed by atoms with Crippen molar-refractivity contribution in [1.82, 2.24) is 5.06 Å². The van der Waals surface area contributed by atoms with E-state index in [1.807, 2.05) is 0 Å². The standard InChI is InChI=1S/C20H33NO6/c22-18-10-11-19(23)21(18)27-20(24)12-14-26-16-15-25-13-6-9-17-7-4-2-1-3-5-8-17/h17H,1-16H2. The van der Waals surface area contributed by atoms with Crippen LogP contribution in [0.4, 0.5) is 0 Å². The molecule has 0 atom stereocenters. The minimum absolute atomic E-state index is 0.00125. The molecule has 0 N–H and O–H groups in total. The zero-order valence-electron chi connectivity index (χ0n) is 16.3. The number of hydrogen-bond acceptors (Lipinski definition) is 6. The molecule has 1 saturated heterocycles. The number of ether oxygens (including phenoxy) is 2. The van der Waals surface area contributed by atoms with Crippen molar-refractivity contribution >= 4 is 17.8 Å². The first-order valence-electron chi connectivity index (χ1n) is 10.4. The minimum Gasteiger partial charge on any atom is -0.379 e. The summed E-state index contributed by atoms with van der Waals surface area (Å²) in [6.07, 6.45) is 12.2. The summed E-state index contributed by atoms with van der Waals surface area (Å²) in [5, 5.41) is 0.557. The fraction of sp³-hybridized carbons (Fsp3) is 0.850. The molecular weight excluding hydrogens is 350 g/mol. The SMILES string of the molecule is O=C(CCOCCOCCCC1CCCCCCC1)ON1C(=O)CCC1=O. The third kappa shape index (κ3) is 8.84. The highest BCUT2D eigenvalue weighted by Crippen LogP contribution is 2.25. The Kier molecular flexibility index (Phi) is 10.4. The first kappa shape index (κ1) is 21.8. The smallest absolute Gasteiger partial charge is 0.335 e. The van der Waals surface area contributed by atoms with E-state index in [1.165, 1.54) is 51.4 Å². The molecule has 1 heterocycles. The number of carbonyl (C=O) groups is 3. The maximum Gasteiger partial charge on any atom is 0.335 e. The number of imide groups is 1. The molecule has 7 heteroatoms. The maximum absolute atomic E-state index is 11.6. The number of hydrogen-bond donors (Lipinski definition) is 0. The van der Waals surface area contributed by atoms with E-state index in [1.54, 1.807) is 0 Å². The monoisotopic (exact) mass is 383 g/mol. The van der Waals surface area contributed by atoms with Crippen LogP contribution in [0.15, 0.2) is 0 Å². The fourth-order valence-electron chi connectivity index (χ4n) is 3.59. The minimum atomic E-state index is -0.640. The normalized spacial score (nSPS) is 19.2. The first-order chi connectivity index (χ1) is 13.2. The van der Waals surface area contributed by atoms with Gasteiger partial charge in [-0.05, 0) is 18.8 Å². The van der Waals surface area contributed by atoms with Crippen molar-refractivity contribution in [3.8, 4) is 0 Å². The van der Waals surface area contributed by atoms with Crippen molar-refractivity contribution in [2.75, 3.05) is 26.4 Å². The predicted molar refractivity (Wildman–Crippen MR) is 98.5 cm³/mol. The fourth-order valence-corrected chi connectivity index (χ4v) is 3.59.